The molecule has 0 aromatic heterocycles. The summed E-state index contributed by atoms with van der Waals surface area (Å²) < 4.78 is 0. The highest BCUT2D eigenvalue weighted by Crippen LogP contribution is 2.39. The molecule has 1 aliphatic heterocycles. The number of allylic oxidation sites excluding steroid dienone is 2. The van der Waals surface area contributed by atoms with E-state index in [1.54, 1.807) is 48.5 Å². The van der Waals surface area contributed by atoms with E-state index in [0.717, 1.165) is 18.4 Å². The van der Waals surface area contributed by atoms with Crippen LogP contribution in [0.4, 0.5) is 17.1 Å². The van der Waals surface area contributed by atoms with Gasteiger partial charge in [-0.2, -0.15) is 0 Å². The fraction of sp³-hybridized carbons (Fsp3) is 0.471. The molecule has 1 fully saturated rings. The van der Waals surface area contributed by atoms with E-state index in [2.05, 4.69) is 17.6 Å². The van der Waals surface area contributed by atoms with Gasteiger partial charge in [0.1, 0.15) is 0 Å². The molecule has 7 heteroatoms. The van der Waals surface area contributed by atoms with Crippen molar-refractivity contribution in [3.05, 3.63) is 65.7 Å². The lowest BCUT2D eigenvalue weighted by molar-refractivity contribution is -0.122. The summed E-state index contributed by atoms with van der Waals surface area (Å²) in [4.78, 5) is 52.5. The Balaban J connectivity index is 1.23. The van der Waals surface area contributed by atoms with Crippen LogP contribution in [0.3, 0.4) is 0 Å². The molecule has 7 nitrogen and oxygen atoms in total. The Morgan fingerprint density at radius 3 is 2.10 bits per heavy atom. The van der Waals surface area contributed by atoms with Crippen LogP contribution in [0.1, 0.15) is 101 Å². The number of anilines is 3. The zero-order chi connectivity index (χ0) is 29.2. The van der Waals surface area contributed by atoms with Crippen molar-refractivity contribution in [1.82, 2.24) is 0 Å². The molecular weight excluding hydrogens is 514 g/mol. The van der Waals surface area contributed by atoms with Crippen LogP contribution in [0.25, 0.3) is 0 Å². The second-order valence-corrected chi connectivity index (χ2v) is 11.4. The summed E-state index contributed by atoms with van der Waals surface area (Å²) in [6, 6.07) is 13.6. The minimum atomic E-state index is -0.317. The van der Waals surface area contributed by atoms with Crippen LogP contribution >= 0.6 is 0 Å². The van der Waals surface area contributed by atoms with Crippen LogP contribution in [0.5, 0.6) is 0 Å². The summed E-state index contributed by atoms with van der Waals surface area (Å²) in [7, 11) is 0. The first kappa shape index (κ1) is 30.2. The lowest BCUT2D eigenvalue weighted by Gasteiger charge is -2.18. The Hall–Kier alpha value is -3.74. The van der Waals surface area contributed by atoms with E-state index in [1.807, 2.05) is 13.0 Å². The molecular formula is C34H43N3O4. The second-order valence-electron chi connectivity index (χ2n) is 11.4. The van der Waals surface area contributed by atoms with Crippen molar-refractivity contribution in [2.45, 2.75) is 90.9 Å². The summed E-state index contributed by atoms with van der Waals surface area (Å²) >= 11 is 0. The average molecular weight is 558 g/mol. The highest BCUT2D eigenvalue weighted by atomic mass is 16.2. The molecule has 1 saturated heterocycles. The van der Waals surface area contributed by atoms with Gasteiger partial charge in [-0.05, 0) is 68.7 Å². The van der Waals surface area contributed by atoms with Gasteiger partial charge in [-0.25, -0.2) is 0 Å². The van der Waals surface area contributed by atoms with Gasteiger partial charge in [0.2, 0.25) is 17.7 Å². The maximum Gasteiger partial charge on any atom is 0.255 e. The van der Waals surface area contributed by atoms with Crippen LogP contribution in [-0.4, -0.2) is 23.6 Å². The molecule has 1 heterocycles. The number of fused-ring (bicyclic) bond motifs is 1. The van der Waals surface area contributed by atoms with Gasteiger partial charge in [0, 0.05) is 23.4 Å². The van der Waals surface area contributed by atoms with Gasteiger partial charge in [-0.1, -0.05) is 76.0 Å². The largest absolute Gasteiger partial charge is 0.326 e. The Bertz CT molecular complexity index is 1270. The fourth-order valence-corrected chi connectivity index (χ4v) is 5.75. The third kappa shape index (κ3) is 8.15. The molecule has 218 valence electrons. The SMILES string of the molecule is CCCCCCCCCCCC(=O)Nc1cccc(NC(=O)c2ccc(N3C(=O)[C@H]4CC(C)=CC[C@H]4C3=O)cc2)c1. The Labute approximate surface area is 243 Å². The molecule has 41 heavy (non-hydrogen) atoms. The molecule has 0 bridgehead atoms. The molecule has 2 aromatic rings. The molecule has 4 rings (SSSR count). The molecule has 0 radical (unpaired) electrons. The lowest BCUT2D eigenvalue weighted by Crippen LogP contribution is -2.30. The van der Waals surface area contributed by atoms with Crippen molar-refractivity contribution in [2.75, 3.05) is 15.5 Å². The van der Waals surface area contributed by atoms with Crippen LogP contribution in [-0.2, 0) is 14.4 Å². The molecule has 1 aliphatic carbocycles. The highest BCUT2D eigenvalue weighted by Gasteiger charge is 2.48. The number of hydrogen-bond acceptors (Lipinski definition) is 4. The van der Waals surface area contributed by atoms with Crippen LogP contribution in [0.2, 0.25) is 0 Å². The van der Waals surface area contributed by atoms with E-state index in [4.69, 9.17) is 0 Å². The first-order valence-electron chi connectivity index (χ1n) is 15.2. The smallest absolute Gasteiger partial charge is 0.255 e. The molecule has 2 N–H and O–H groups in total. The quantitative estimate of drug-likeness (QED) is 0.142. The predicted octanol–water partition coefficient (Wildman–Crippen LogP) is 7.64. The summed E-state index contributed by atoms with van der Waals surface area (Å²) in [5.74, 6) is -1.27. The summed E-state index contributed by atoms with van der Waals surface area (Å²) in [5, 5.41) is 5.79. The summed E-state index contributed by atoms with van der Waals surface area (Å²) in [6.45, 7) is 4.22. The van der Waals surface area contributed by atoms with E-state index < -0.39 is 0 Å². The second kappa shape index (κ2) is 14.8. The number of imide groups is 1. The molecule has 0 unspecified atom stereocenters. The average Bonchev–Trinajstić information content (AvgIpc) is 3.21. The Morgan fingerprint density at radius 2 is 1.41 bits per heavy atom. The number of hydrogen-bond donors (Lipinski definition) is 2. The predicted molar refractivity (Wildman–Crippen MR) is 164 cm³/mol. The number of carbonyl (C=O) groups excluding carboxylic acids is 4. The normalized spacial score (nSPS) is 18.2. The summed E-state index contributed by atoms with van der Waals surface area (Å²) in [5.41, 5.74) is 3.24. The van der Waals surface area contributed by atoms with Gasteiger partial charge in [0.25, 0.3) is 5.91 Å². The third-order valence-corrected chi connectivity index (χ3v) is 8.12. The van der Waals surface area contributed by atoms with Crippen molar-refractivity contribution in [3.63, 3.8) is 0 Å². The third-order valence-electron chi connectivity index (χ3n) is 8.12. The topological polar surface area (TPSA) is 95.6 Å². The van der Waals surface area contributed by atoms with Crippen LogP contribution in [0, 0.1) is 11.8 Å². The number of carbonyl (C=O) groups is 4. The van der Waals surface area contributed by atoms with Gasteiger partial charge in [0.05, 0.1) is 17.5 Å². The molecule has 2 aromatic carbocycles. The first-order chi connectivity index (χ1) is 19.9. The van der Waals surface area contributed by atoms with Gasteiger partial charge < -0.3 is 10.6 Å². The van der Waals surface area contributed by atoms with Crippen molar-refractivity contribution in [1.29, 1.82) is 0 Å². The molecule has 4 amide bonds. The Morgan fingerprint density at radius 1 is 0.805 bits per heavy atom. The molecule has 2 atom stereocenters. The van der Waals surface area contributed by atoms with Gasteiger partial charge >= 0.3 is 0 Å². The highest BCUT2D eigenvalue weighted by molar-refractivity contribution is 6.22. The van der Waals surface area contributed by atoms with Gasteiger partial charge in [0.15, 0.2) is 0 Å². The lowest BCUT2D eigenvalue weighted by atomic mass is 9.82. The molecule has 0 saturated carbocycles. The van der Waals surface area contributed by atoms with Crippen molar-refractivity contribution >= 4 is 40.7 Å². The zero-order valence-corrected chi connectivity index (χ0v) is 24.4. The Kier molecular flexibility index (Phi) is 10.9. The maximum atomic E-state index is 13.0. The standard InChI is InChI=1S/C34H43N3O4/c1-3-4-5-6-7-8-9-10-11-15-31(38)35-26-13-12-14-27(23-26)36-32(39)25-17-19-28(20-18-25)37-33(40)29-21-16-24(2)22-30(29)34(37)41/h12-14,16-20,23,29-30H,3-11,15,21-22H2,1-2H3,(H,35,38)(H,36,39)/t29-,30+/m1/s1. The van der Waals surface area contributed by atoms with Crippen LogP contribution in [0.15, 0.2) is 60.2 Å². The number of benzene rings is 2. The zero-order valence-electron chi connectivity index (χ0n) is 24.4. The van der Waals surface area contributed by atoms with E-state index in [9.17, 15) is 19.2 Å². The maximum absolute atomic E-state index is 13.0. The van der Waals surface area contributed by atoms with Crippen molar-refractivity contribution in [3.8, 4) is 0 Å². The molecule has 0 spiro atoms. The monoisotopic (exact) mass is 557 g/mol. The minimum absolute atomic E-state index is 0.0243. The number of amides is 4. The first-order valence-corrected chi connectivity index (χ1v) is 15.2. The minimum Gasteiger partial charge on any atom is -0.326 e. The van der Waals surface area contributed by atoms with Gasteiger partial charge in [-0.15, -0.1) is 0 Å². The van der Waals surface area contributed by atoms with Crippen LogP contribution < -0.4 is 15.5 Å². The van der Waals surface area contributed by atoms with Crippen molar-refractivity contribution < 1.29 is 19.2 Å². The fourth-order valence-electron chi connectivity index (χ4n) is 5.75. The van der Waals surface area contributed by atoms with E-state index in [-0.39, 0.29) is 35.5 Å². The number of nitrogens with zero attached hydrogens (tertiary/aromatic N) is 1. The number of unbranched alkanes of at least 4 members (excludes halogenated alkanes) is 8. The van der Waals surface area contributed by atoms with E-state index in [1.165, 1.54) is 49.8 Å². The van der Waals surface area contributed by atoms with Gasteiger partial charge in [-0.3, -0.25) is 24.1 Å². The molecule has 2 aliphatic rings. The van der Waals surface area contributed by atoms with E-state index >= 15 is 0 Å². The summed E-state index contributed by atoms with van der Waals surface area (Å²) in [6.07, 6.45) is 14.6. The van der Waals surface area contributed by atoms with E-state index in [0.29, 0.717) is 41.9 Å². The van der Waals surface area contributed by atoms with Crippen molar-refractivity contribution in [2.24, 2.45) is 11.8 Å². The number of nitrogens with one attached hydrogen (secondary N) is 2. The number of rotatable bonds is 14.